The minimum atomic E-state index is -3.91. The van der Waals surface area contributed by atoms with Gasteiger partial charge in [-0.3, -0.25) is 0 Å². The minimum Gasteiger partial charge on any atom is -0.607 e. The summed E-state index contributed by atoms with van der Waals surface area (Å²) in [5, 5.41) is 4.42. The predicted molar refractivity (Wildman–Crippen MR) is 190 cm³/mol. The second-order valence-electron chi connectivity index (χ2n) is 16.4. The van der Waals surface area contributed by atoms with Crippen molar-refractivity contribution in [2.24, 2.45) is 5.16 Å². The van der Waals surface area contributed by atoms with Crippen LogP contribution in [0.4, 0.5) is 0 Å². The van der Waals surface area contributed by atoms with Crippen LogP contribution in [-0.2, 0) is 35.5 Å². The summed E-state index contributed by atoms with van der Waals surface area (Å²) >= 11 is 0. The van der Waals surface area contributed by atoms with E-state index in [0.717, 1.165) is 0 Å². The van der Waals surface area contributed by atoms with Gasteiger partial charge in [0.2, 0.25) is 16.6 Å². The van der Waals surface area contributed by atoms with Gasteiger partial charge < -0.3 is 27.4 Å². The zero-order chi connectivity index (χ0) is 33.6. The number of hydrogen-bond acceptors (Lipinski definition) is 10. The van der Waals surface area contributed by atoms with Crippen LogP contribution in [0.5, 0.6) is 0 Å². The fourth-order valence-electron chi connectivity index (χ4n) is 3.57. The van der Waals surface area contributed by atoms with Gasteiger partial charge in [0.05, 0.1) is 6.61 Å². The Hall–Kier alpha value is 0.881. The SMILES string of the molecule is CO/N=C(/CO[Si](C)(C)C)[C@@H](O[Si](C)(C)C)[C@H](O[Si](C)(C)C)[C@@H](CO[P+]([O-])(O[Si](C)(C)C)O[Si](C)(C)C)O[Si](C)(C)C. The zero-order valence-corrected chi connectivity index (χ0v) is 37.1. The van der Waals surface area contributed by atoms with Gasteiger partial charge in [-0.25, -0.2) is 8.43 Å². The Labute approximate surface area is 265 Å². The van der Waals surface area contributed by atoms with E-state index >= 15 is 0 Å². The van der Waals surface area contributed by atoms with Crippen LogP contribution >= 0.6 is 8.17 Å². The lowest BCUT2D eigenvalue weighted by atomic mass is 10.0. The molecule has 0 aliphatic heterocycles. The maximum Gasteiger partial charge on any atom is 0.356 e. The Kier molecular flexibility index (Phi) is 16.5. The summed E-state index contributed by atoms with van der Waals surface area (Å²) in [6, 6.07) is 0. The summed E-state index contributed by atoms with van der Waals surface area (Å²) in [6.45, 7) is 37.4. The molecule has 0 unspecified atom stereocenters. The zero-order valence-electron chi connectivity index (χ0n) is 30.2. The van der Waals surface area contributed by atoms with Gasteiger partial charge in [-0.2, -0.15) is 4.52 Å². The Morgan fingerprint density at radius 3 is 1.38 bits per heavy atom. The van der Waals surface area contributed by atoms with Crippen LogP contribution < -0.4 is 4.89 Å². The largest absolute Gasteiger partial charge is 0.607 e. The first kappa shape index (κ1) is 42.9. The van der Waals surface area contributed by atoms with Crippen LogP contribution in [0.1, 0.15) is 0 Å². The fraction of sp³-hybridized carbons (Fsp3) is 0.960. The molecule has 0 aromatic rings. The molecule has 3 atom stereocenters. The van der Waals surface area contributed by atoms with E-state index in [1.54, 1.807) is 0 Å². The first-order valence-corrected chi connectivity index (χ1v) is 36.7. The number of hydrogen-bond donors (Lipinski definition) is 0. The number of oxime groups is 1. The van der Waals surface area contributed by atoms with Crippen molar-refractivity contribution in [3.05, 3.63) is 0 Å². The van der Waals surface area contributed by atoms with Crippen molar-refractivity contribution in [2.45, 2.75) is 136 Å². The van der Waals surface area contributed by atoms with Gasteiger partial charge >= 0.3 is 8.17 Å². The summed E-state index contributed by atoms with van der Waals surface area (Å²) in [5.41, 5.74) is 0.592. The van der Waals surface area contributed by atoms with E-state index in [0.29, 0.717) is 5.71 Å². The van der Waals surface area contributed by atoms with Crippen molar-refractivity contribution in [1.82, 2.24) is 0 Å². The van der Waals surface area contributed by atoms with E-state index < -0.39 is 76.4 Å². The van der Waals surface area contributed by atoms with Crippen molar-refractivity contribution in [3.63, 3.8) is 0 Å². The van der Waals surface area contributed by atoms with Crippen LogP contribution in [0.15, 0.2) is 5.16 Å². The van der Waals surface area contributed by atoms with Crippen molar-refractivity contribution >= 4 is 63.8 Å². The highest BCUT2D eigenvalue weighted by atomic mass is 31.2. The van der Waals surface area contributed by atoms with Crippen LogP contribution in [-0.4, -0.2) is 94.3 Å². The fourth-order valence-corrected chi connectivity index (χ4v) is 14.0. The van der Waals surface area contributed by atoms with Crippen LogP contribution in [0, 0.1) is 0 Å². The van der Waals surface area contributed by atoms with Gasteiger partial charge in [0.1, 0.15) is 37.7 Å². The molecule has 17 heteroatoms. The van der Waals surface area contributed by atoms with Gasteiger partial charge in [0.25, 0.3) is 0 Å². The Morgan fingerprint density at radius 2 is 1.05 bits per heavy atom. The Balaban J connectivity index is 7.03. The van der Waals surface area contributed by atoms with Gasteiger partial charge in [-0.15, -0.1) is 0 Å². The highest BCUT2D eigenvalue weighted by Crippen LogP contribution is 2.58. The second kappa shape index (κ2) is 16.1. The number of rotatable bonds is 20. The summed E-state index contributed by atoms with van der Waals surface area (Å²) in [7, 11) is -15.5. The van der Waals surface area contributed by atoms with E-state index in [1.165, 1.54) is 7.11 Å². The first-order valence-electron chi connectivity index (χ1n) is 14.8. The molecule has 0 saturated carbocycles. The lowest BCUT2D eigenvalue weighted by Gasteiger charge is -2.42. The van der Waals surface area contributed by atoms with Crippen LogP contribution in [0.3, 0.4) is 0 Å². The summed E-state index contributed by atoms with van der Waals surface area (Å²) in [6.07, 6.45) is -1.93. The predicted octanol–water partition coefficient (Wildman–Crippen LogP) is 7.26. The monoisotopic (exact) mass is 721 g/mol. The topological polar surface area (TPSA) is 109 Å². The van der Waals surface area contributed by atoms with E-state index in [4.69, 9.17) is 35.5 Å². The molecule has 0 bridgehead atoms. The summed E-state index contributed by atoms with van der Waals surface area (Å²) in [4.78, 5) is 19.4. The van der Waals surface area contributed by atoms with Gasteiger partial charge in [0, 0.05) is 0 Å². The molecule has 0 aromatic heterocycles. The molecule has 0 aliphatic rings. The highest BCUT2D eigenvalue weighted by molar-refractivity contribution is 7.57. The minimum absolute atomic E-state index is 0.0631. The average Bonchev–Trinajstić information content (AvgIpc) is 2.65. The summed E-state index contributed by atoms with van der Waals surface area (Å²) < 4.78 is 45.2. The third-order valence-corrected chi connectivity index (χ3v) is 15.1. The molecule has 0 amide bonds. The third kappa shape index (κ3) is 21.6. The standard InChI is InChI=1S/C25H64NO9PSi6/c1-28-26-22(20-30-37(2,3)4)24(32-39(8,9)10)25(33-40(11,12)13)23(31-38(5,6)7)21-29-36(27,34-41(14,15)16)35-42(17,18)19/h23-25H,20-21H2,1-19H3/b26-22-/t23-,24-,25-/m1/s1. The molecule has 0 aromatic carbocycles. The van der Waals surface area contributed by atoms with Crippen molar-refractivity contribution in [3.8, 4) is 0 Å². The molecular weight excluding hydrogens is 658 g/mol. The maximum atomic E-state index is 14.1. The van der Waals surface area contributed by atoms with Crippen molar-refractivity contribution in [2.75, 3.05) is 20.3 Å². The molecule has 0 saturated heterocycles. The Bertz CT molecular complexity index is 828. The highest BCUT2D eigenvalue weighted by Gasteiger charge is 2.48. The molecule has 252 valence electrons. The first-order chi connectivity index (χ1) is 18.3. The lowest BCUT2D eigenvalue weighted by molar-refractivity contribution is -0.235. The lowest BCUT2D eigenvalue weighted by Crippen LogP contribution is -2.57. The molecular formula is C25H64NO9PSi6. The molecule has 0 rings (SSSR count). The molecule has 0 spiro atoms. The molecule has 0 heterocycles. The van der Waals surface area contributed by atoms with Crippen molar-refractivity contribution < 1.29 is 40.4 Å². The molecule has 10 nitrogen and oxygen atoms in total. The van der Waals surface area contributed by atoms with Gasteiger partial charge in [-0.1, -0.05) is 5.16 Å². The second-order valence-corrected chi connectivity index (χ2v) is 45.4. The van der Waals surface area contributed by atoms with Crippen LogP contribution in [0.25, 0.3) is 0 Å². The molecule has 42 heavy (non-hydrogen) atoms. The van der Waals surface area contributed by atoms with Gasteiger partial charge in [-0.05, 0) is 118 Å². The van der Waals surface area contributed by atoms with Crippen molar-refractivity contribution in [1.29, 1.82) is 0 Å². The Morgan fingerprint density at radius 1 is 0.619 bits per heavy atom. The summed E-state index contributed by atoms with van der Waals surface area (Å²) in [5.74, 6) is 0. The average molecular weight is 722 g/mol. The van der Waals surface area contributed by atoms with Crippen LogP contribution in [0.2, 0.25) is 118 Å². The third-order valence-electron chi connectivity index (χ3n) is 4.50. The number of nitrogens with zero attached hydrogens (tertiary/aromatic N) is 1. The van der Waals surface area contributed by atoms with E-state index in [1.807, 2.05) is 39.3 Å². The van der Waals surface area contributed by atoms with E-state index in [9.17, 15) is 4.89 Å². The quantitative estimate of drug-likeness (QED) is 0.0556. The van der Waals surface area contributed by atoms with E-state index in [2.05, 4.69) is 83.7 Å². The molecule has 0 fully saturated rings. The normalized spacial score (nSPS) is 17.3. The van der Waals surface area contributed by atoms with Gasteiger partial charge in [0.15, 0.2) is 33.3 Å². The molecule has 0 aliphatic carbocycles. The number of phosphoric acid groups is 1. The smallest absolute Gasteiger partial charge is 0.356 e. The van der Waals surface area contributed by atoms with E-state index in [-0.39, 0.29) is 13.2 Å². The molecule has 0 N–H and O–H groups in total. The maximum absolute atomic E-state index is 14.1. The molecule has 0 radical (unpaired) electrons.